The summed E-state index contributed by atoms with van der Waals surface area (Å²) in [6.07, 6.45) is 7.65. The van der Waals surface area contributed by atoms with Gasteiger partial charge in [0.2, 0.25) is 7.30 Å². The Kier molecular flexibility index (Phi) is 13.0. The van der Waals surface area contributed by atoms with Crippen LogP contribution in [0.4, 0.5) is 26.3 Å². The summed E-state index contributed by atoms with van der Waals surface area (Å²) < 4.78 is 118. The highest BCUT2D eigenvalue weighted by atomic mass is 32.5. The summed E-state index contributed by atoms with van der Waals surface area (Å²) in [5.74, 6) is 0. The first-order chi connectivity index (χ1) is 13.2. The van der Waals surface area contributed by atoms with Crippen LogP contribution in [0.5, 0.6) is 0 Å². The van der Waals surface area contributed by atoms with Gasteiger partial charge in [-0.05, 0) is 12.8 Å². The molecule has 31 heavy (non-hydrogen) atoms. The predicted octanol–water partition coefficient (Wildman–Crippen LogP) is 5.55. The topological polar surface area (TPSA) is 114 Å². The molecule has 0 N–H and O–H groups in total. The van der Waals surface area contributed by atoms with Crippen molar-refractivity contribution < 1.29 is 52.3 Å². The number of hydrogen-bond donors (Lipinski definition) is 0. The van der Waals surface area contributed by atoms with Gasteiger partial charge in [-0.25, -0.2) is 16.8 Å². The van der Waals surface area contributed by atoms with Gasteiger partial charge in [-0.2, -0.15) is 26.3 Å². The Morgan fingerprint density at radius 2 is 0.903 bits per heavy atom. The van der Waals surface area contributed by atoms with Crippen LogP contribution in [0.15, 0.2) is 0 Å². The Labute approximate surface area is 182 Å². The van der Waals surface area contributed by atoms with E-state index >= 15 is 0 Å². The van der Waals surface area contributed by atoms with Crippen LogP contribution in [-0.2, 0) is 20.2 Å². The maximum atomic E-state index is 10.7. The van der Waals surface area contributed by atoms with Crippen LogP contribution < -0.4 is 0 Å². The summed E-state index contributed by atoms with van der Waals surface area (Å²) in [6.45, 7) is 14.4. The molecule has 1 aliphatic carbocycles. The maximum Gasteiger partial charge on any atom is 0.485 e. The van der Waals surface area contributed by atoms with Crippen molar-refractivity contribution in [2.24, 2.45) is 0 Å². The normalized spacial score (nSPS) is 17.4. The van der Waals surface area contributed by atoms with E-state index in [-0.39, 0.29) is 0 Å². The molecule has 0 spiro atoms. The van der Waals surface area contributed by atoms with Gasteiger partial charge in [-0.3, -0.25) is 0 Å². The standard InChI is InChI=1S/C12H29P3.2CHF3O3S/c1-14(2,3)13(15(4,5)6)12-10-8-7-9-11-12;2*2-1(3,4)8(5,6)7/h12H,7-11H2,1-6H3;2*(H,5,6,7)/q+2;;/p-2. The van der Waals surface area contributed by atoms with E-state index in [1.54, 1.807) is 12.8 Å². The van der Waals surface area contributed by atoms with E-state index in [2.05, 4.69) is 40.0 Å². The molecule has 0 heterocycles. The van der Waals surface area contributed by atoms with Gasteiger partial charge in [0.05, 0.1) is 59.6 Å². The first-order valence-corrected chi connectivity index (χ1v) is 20.6. The Morgan fingerprint density at radius 1 is 0.677 bits per heavy atom. The van der Waals surface area contributed by atoms with Crippen molar-refractivity contribution in [3.63, 3.8) is 0 Å². The highest BCUT2D eigenvalue weighted by Gasteiger charge is 2.52. The smallest absolute Gasteiger partial charge is 0.485 e. The molecule has 1 rings (SSSR count). The van der Waals surface area contributed by atoms with Gasteiger partial charge in [-0.15, -0.1) is 0 Å². The Balaban J connectivity index is 0. The van der Waals surface area contributed by atoms with Crippen LogP contribution in [0.1, 0.15) is 32.1 Å². The monoisotopic (exact) mass is 564 g/mol. The van der Waals surface area contributed by atoms with Crippen molar-refractivity contribution in [3.05, 3.63) is 0 Å². The molecule has 17 heteroatoms. The third-order valence-corrected chi connectivity index (χ3v) is 27.5. The molecule has 0 bridgehead atoms. The van der Waals surface area contributed by atoms with Gasteiger partial charge in [-0.1, -0.05) is 19.3 Å². The molecule has 190 valence electrons. The fourth-order valence-electron chi connectivity index (χ4n) is 3.10. The number of hydrogen-bond acceptors (Lipinski definition) is 6. The van der Waals surface area contributed by atoms with Crippen LogP contribution in [0.2, 0.25) is 0 Å². The molecule has 1 aliphatic rings. The van der Waals surface area contributed by atoms with E-state index in [9.17, 15) is 26.3 Å². The molecule has 0 aromatic carbocycles. The Hall–Kier alpha value is 0.690. The largest absolute Gasteiger partial charge is 0.741 e. The summed E-state index contributed by atoms with van der Waals surface area (Å²) in [5.41, 5.74) is -10.2. The zero-order valence-corrected chi connectivity index (χ0v) is 22.3. The molecule has 0 aromatic rings. The van der Waals surface area contributed by atoms with Crippen LogP contribution in [0, 0.1) is 0 Å². The quantitative estimate of drug-likeness (QED) is 0.192. The van der Waals surface area contributed by atoms with Crippen molar-refractivity contribution in [2.75, 3.05) is 40.0 Å². The third kappa shape index (κ3) is 13.9. The molecule has 1 fully saturated rings. The summed E-state index contributed by atoms with van der Waals surface area (Å²) in [6, 6.07) is 0. The van der Waals surface area contributed by atoms with E-state index in [1.807, 2.05) is 0 Å². The molecule has 6 nitrogen and oxygen atoms in total. The first-order valence-electron chi connectivity index (χ1n) is 8.70. The predicted molar refractivity (Wildman–Crippen MR) is 115 cm³/mol. The number of halogens is 6. The van der Waals surface area contributed by atoms with E-state index in [0.717, 1.165) is 5.66 Å². The van der Waals surface area contributed by atoms with Gasteiger partial charge in [0.1, 0.15) is 0 Å². The number of rotatable bonds is 3. The van der Waals surface area contributed by atoms with Crippen LogP contribution in [0.25, 0.3) is 0 Å². The molecular weight excluding hydrogens is 535 g/mol. The molecule has 0 aromatic heterocycles. The summed E-state index contributed by atoms with van der Waals surface area (Å²) >= 11 is 0. The molecular formula is C14H29F6O6P3S2. The first kappa shape index (κ1) is 33.9. The van der Waals surface area contributed by atoms with E-state index in [0.29, 0.717) is 7.30 Å². The van der Waals surface area contributed by atoms with Gasteiger partial charge in [0.15, 0.2) is 20.2 Å². The summed E-state index contributed by atoms with van der Waals surface area (Å²) in [4.78, 5) is 0. The average Bonchev–Trinajstić information content (AvgIpc) is 2.42. The lowest BCUT2D eigenvalue weighted by Crippen LogP contribution is -2.21. The van der Waals surface area contributed by atoms with E-state index in [1.165, 1.54) is 19.3 Å². The highest BCUT2D eigenvalue weighted by Crippen LogP contribution is 2.99. The lowest BCUT2D eigenvalue weighted by molar-refractivity contribution is -0.0522. The van der Waals surface area contributed by atoms with Gasteiger partial charge in [0.25, 0.3) is 0 Å². The molecule has 0 amide bonds. The van der Waals surface area contributed by atoms with Crippen molar-refractivity contribution in [1.29, 1.82) is 0 Å². The minimum Gasteiger partial charge on any atom is -0.741 e. The minimum atomic E-state index is -6.09. The molecule has 1 saturated carbocycles. The van der Waals surface area contributed by atoms with Crippen LogP contribution in [-0.4, -0.2) is 82.6 Å². The fourth-order valence-corrected chi connectivity index (χ4v) is 34.1. The van der Waals surface area contributed by atoms with Gasteiger partial charge in [0, 0.05) is 0 Å². The molecule has 0 atom stereocenters. The Bertz CT molecular complexity index is 693. The van der Waals surface area contributed by atoms with E-state index in [4.69, 9.17) is 25.9 Å². The minimum absolute atomic E-state index is 0.361. The molecule has 0 aliphatic heterocycles. The van der Waals surface area contributed by atoms with Gasteiger partial charge < -0.3 is 9.11 Å². The fraction of sp³-hybridized carbons (Fsp3) is 1.00. The lowest BCUT2D eigenvalue weighted by atomic mass is 10.0. The van der Waals surface area contributed by atoms with Crippen molar-refractivity contribution in [2.45, 2.75) is 48.8 Å². The highest BCUT2D eigenvalue weighted by molar-refractivity contribution is 8.69. The van der Waals surface area contributed by atoms with E-state index < -0.39 is 45.2 Å². The SMILES string of the molecule is C[P+](C)(C)P(C1CCCCC1)[P+](C)(C)C.O=S(=O)([O-])C(F)(F)F.O=S(=O)([O-])C(F)(F)F. The zero-order chi connectivity index (χ0) is 25.7. The molecule has 0 radical (unpaired) electrons. The second-order valence-electron chi connectivity index (χ2n) is 8.30. The average molecular weight is 564 g/mol. The molecule has 0 saturated heterocycles. The second kappa shape index (κ2) is 11.9. The Morgan fingerprint density at radius 3 is 1.06 bits per heavy atom. The lowest BCUT2D eigenvalue weighted by Gasteiger charge is -2.35. The zero-order valence-electron chi connectivity index (χ0n) is 18.0. The van der Waals surface area contributed by atoms with Crippen molar-refractivity contribution in [1.82, 2.24) is 0 Å². The second-order valence-corrected chi connectivity index (χ2v) is 30.9. The maximum absolute atomic E-state index is 10.7. The van der Waals surface area contributed by atoms with Crippen LogP contribution in [0.3, 0.4) is 0 Å². The summed E-state index contributed by atoms with van der Waals surface area (Å²) in [7, 11) is -11.8. The van der Waals surface area contributed by atoms with Crippen molar-refractivity contribution >= 4 is 41.4 Å². The van der Waals surface area contributed by atoms with Gasteiger partial charge >= 0.3 is 11.0 Å². The summed E-state index contributed by atoms with van der Waals surface area (Å²) in [5, 5.41) is 0. The third-order valence-electron chi connectivity index (χ3n) is 3.70. The number of alkyl halides is 6. The van der Waals surface area contributed by atoms with Crippen molar-refractivity contribution in [3.8, 4) is 0 Å². The van der Waals surface area contributed by atoms with Crippen LogP contribution >= 0.6 is 21.2 Å². The molecule has 0 unspecified atom stereocenters.